The summed E-state index contributed by atoms with van der Waals surface area (Å²) in [6, 6.07) is 20.3. The van der Waals surface area contributed by atoms with Gasteiger partial charge in [-0.05, 0) is 31.5 Å². The summed E-state index contributed by atoms with van der Waals surface area (Å²) in [6.45, 7) is 7.59. The summed E-state index contributed by atoms with van der Waals surface area (Å²) >= 11 is 1.43. The van der Waals surface area contributed by atoms with Crippen molar-refractivity contribution in [1.29, 1.82) is 0 Å². The van der Waals surface area contributed by atoms with Crippen molar-refractivity contribution in [2.24, 2.45) is 0 Å². The van der Waals surface area contributed by atoms with E-state index in [0.717, 1.165) is 35.4 Å². The highest BCUT2D eigenvalue weighted by Crippen LogP contribution is 2.27. The number of ether oxygens (including phenoxy) is 1. The second kappa shape index (κ2) is 10.7. The molecular formula is C24H29N5O2S. The van der Waals surface area contributed by atoms with Gasteiger partial charge in [0.2, 0.25) is 11.9 Å². The third-order valence-corrected chi connectivity index (χ3v) is 6.30. The van der Waals surface area contributed by atoms with Gasteiger partial charge in [-0.1, -0.05) is 60.3 Å². The molecule has 1 aliphatic rings. The Hall–Kier alpha value is -2.84. The van der Waals surface area contributed by atoms with Crippen molar-refractivity contribution < 1.29 is 9.53 Å². The summed E-state index contributed by atoms with van der Waals surface area (Å²) < 4.78 is 7.54. The third kappa shape index (κ3) is 5.31. The Morgan fingerprint density at radius 1 is 1.03 bits per heavy atom. The summed E-state index contributed by atoms with van der Waals surface area (Å²) in [4.78, 5) is 17.2. The van der Waals surface area contributed by atoms with Crippen molar-refractivity contribution in [3.05, 3.63) is 66.2 Å². The second-order valence-corrected chi connectivity index (χ2v) is 8.89. The van der Waals surface area contributed by atoms with Crippen molar-refractivity contribution in [2.45, 2.75) is 31.6 Å². The fourth-order valence-electron chi connectivity index (χ4n) is 3.67. The molecule has 1 aliphatic heterocycles. The number of nitrogens with zero attached hydrogens (tertiary/aromatic N) is 5. The van der Waals surface area contributed by atoms with Crippen LogP contribution in [0.3, 0.4) is 0 Å². The maximum Gasteiger partial charge on any atom is 0.233 e. The first-order chi connectivity index (χ1) is 15.6. The van der Waals surface area contributed by atoms with Crippen LogP contribution in [0.4, 0.5) is 5.95 Å². The van der Waals surface area contributed by atoms with Crippen LogP contribution < -0.4 is 4.90 Å². The van der Waals surface area contributed by atoms with E-state index in [-0.39, 0.29) is 11.9 Å². The highest BCUT2D eigenvalue weighted by molar-refractivity contribution is 7.99. The molecule has 0 unspecified atom stereocenters. The Morgan fingerprint density at radius 3 is 2.34 bits per heavy atom. The van der Waals surface area contributed by atoms with Crippen LogP contribution in [-0.4, -0.2) is 63.7 Å². The molecule has 1 aromatic heterocycles. The van der Waals surface area contributed by atoms with Crippen molar-refractivity contribution in [3.8, 4) is 5.69 Å². The monoisotopic (exact) mass is 451 g/mol. The molecule has 1 amide bonds. The maximum absolute atomic E-state index is 13.1. The number of aromatic nitrogens is 3. The van der Waals surface area contributed by atoms with Crippen LogP contribution in [0.25, 0.3) is 5.69 Å². The van der Waals surface area contributed by atoms with Gasteiger partial charge in [-0.2, -0.15) is 0 Å². The van der Waals surface area contributed by atoms with Gasteiger partial charge in [-0.3, -0.25) is 9.36 Å². The van der Waals surface area contributed by atoms with Crippen LogP contribution in [0.5, 0.6) is 0 Å². The predicted molar refractivity (Wildman–Crippen MR) is 127 cm³/mol. The van der Waals surface area contributed by atoms with Gasteiger partial charge in [-0.25, -0.2) is 0 Å². The molecule has 7 nitrogen and oxygen atoms in total. The molecule has 0 aliphatic carbocycles. The van der Waals surface area contributed by atoms with E-state index >= 15 is 0 Å². The molecule has 0 spiro atoms. The number of hydrogen-bond acceptors (Lipinski definition) is 6. The minimum Gasteiger partial charge on any atom is -0.378 e. The number of para-hydroxylation sites is 1. The number of anilines is 1. The highest BCUT2D eigenvalue weighted by Gasteiger charge is 2.24. The SMILES string of the molecule is CC(C)N(Cc1ccccc1)C(=O)CSc1nnc(N2CCOCC2)n1-c1ccccc1. The number of benzene rings is 2. The van der Waals surface area contributed by atoms with E-state index < -0.39 is 0 Å². The van der Waals surface area contributed by atoms with E-state index in [0.29, 0.717) is 25.5 Å². The van der Waals surface area contributed by atoms with Crippen LogP contribution in [0.2, 0.25) is 0 Å². The van der Waals surface area contributed by atoms with Gasteiger partial charge in [-0.15, -0.1) is 10.2 Å². The van der Waals surface area contributed by atoms with Gasteiger partial charge in [0.15, 0.2) is 5.16 Å². The molecule has 1 saturated heterocycles. The van der Waals surface area contributed by atoms with Crippen LogP contribution in [-0.2, 0) is 16.1 Å². The van der Waals surface area contributed by atoms with Crippen LogP contribution in [0.1, 0.15) is 19.4 Å². The van der Waals surface area contributed by atoms with Gasteiger partial charge >= 0.3 is 0 Å². The molecular weight excluding hydrogens is 422 g/mol. The maximum atomic E-state index is 13.1. The molecule has 1 fully saturated rings. The second-order valence-electron chi connectivity index (χ2n) is 7.94. The van der Waals surface area contributed by atoms with E-state index in [9.17, 15) is 4.79 Å². The number of rotatable bonds is 8. The minimum atomic E-state index is 0.0874. The van der Waals surface area contributed by atoms with Gasteiger partial charge in [0.25, 0.3) is 0 Å². The lowest BCUT2D eigenvalue weighted by Crippen LogP contribution is -2.38. The Bertz CT molecular complexity index is 1000. The Morgan fingerprint density at radius 2 is 1.69 bits per heavy atom. The van der Waals surface area contributed by atoms with Crippen molar-refractivity contribution in [1.82, 2.24) is 19.7 Å². The smallest absolute Gasteiger partial charge is 0.233 e. The number of carbonyl (C=O) groups excluding carboxylic acids is 1. The van der Waals surface area contributed by atoms with Gasteiger partial charge in [0.1, 0.15) is 0 Å². The fourth-order valence-corrected chi connectivity index (χ4v) is 4.51. The zero-order chi connectivity index (χ0) is 22.3. The minimum absolute atomic E-state index is 0.0874. The standard InChI is InChI=1S/C24H29N5O2S/c1-19(2)28(17-20-9-5-3-6-10-20)22(30)18-32-24-26-25-23(27-13-15-31-16-14-27)29(24)21-11-7-4-8-12-21/h3-12,19H,13-18H2,1-2H3. The molecule has 4 rings (SSSR count). The largest absolute Gasteiger partial charge is 0.378 e. The molecule has 0 bridgehead atoms. The summed E-state index contributed by atoms with van der Waals surface area (Å²) in [5, 5.41) is 9.65. The number of carbonyl (C=O) groups is 1. The van der Waals surface area contributed by atoms with Gasteiger partial charge in [0.05, 0.1) is 24.7 Å². The average Bonchev–Trinajstić information content (AvgIpc) is 3.26. The third-order valence-electron chi connectivity index (χ3n) is 5.39. The first kappa shape index (κ1) is 22.4. The summed E-state index contributed by atoms with van der Waals surface area (Å²) in [6.07, 6.45) is 0. The molecule has 3 aromatic rings. The van der Waals surface area contributed by atoms with Crippen LogP contribution in [0.15, 0.2) is 65.8 Å². The topological polar surface area (TPSA) is 63.5 Å². The zero-order valence-corrected chi connectivity index (χ0v) is 19.4. The number of hydrogen-bond donors (Lipinski definition) is 0. The summed E-state index contributed by atoms with van der Waals surface area (Å²) in [5.41, 5.74) is 2.11. The molecule has 32 heavy (non-hydrogen) atoms. The van der Waals surface area contributed by atoms with Gasteiger partial charge < -0.3 is 14.5 Å². The first-order valence-electron chi connectivity index (χ1n) is 10.9. The molecule has 168 valence electrons. The van der Waals surface area contributed by atoms with E-state index in [1.54, 1.807) is 0 Å². The predicted octanol–water partition coefficient (Wildman–Crippen LogP) is 3.63. The number of thioether (sulfide) groups is 1. The van der Waals surface area contributed by atoms with E-state index in [1.165, 1.54) is 11.8 Å². The lowest BCUT2D eigenvalue weighted by atomic mass is 10.2. The Balaban J connectivity index is 1.53. The molecule has 2 aromatic carbocycles. The highest BCUT2D eigenvalue weighted by atomic mass is 32.2. The Labute approximate surface area is 193 Å². The van der Waals surface area contributed by atoms with Crippen LogP contribution >= 0.6 is 11.8 Å². The lowest BCUT2D eigenvalue weighted by molar-refractivity contribution is -0.130. The molecule has 0 radical (unpaired) electrons. The molecule has 0 N–H and O–H groups in total. The van der Waals surface area contributed by atoms with Crippen molar-refractivity contribution in [3.63, 3.8) is 0 Å². The van der Waals surface area contributed by atoms with E-state index in [1.807, 2.05) is 58.0 Å². The molecule has 0 saturated carbocycles. The lowest BCUT2D eigenvalue weighted by Gasteiger charge is -2.28. The number of amides is 1. The van der Waals surface area contributed by atoms with Crippen molar-refractivity contribution >= 4 is 23.6 Å². The molecule has 8 heteroatoms. The fraction of sp³-hybridized carbons (Fsp3) is 0.375. The average molecular weight is 452 g/mol. The normalized spacial score (nSPS) is 14.0. The first-order valence-corrected chi connectivity index (χ1v) is 11.9. The summed E-state index contributed by atoms with van der Waals surface area (Å²) in [7, 11) is 0. The number of morpholine rings is 1. The van der Waals surface area contributed by atoms with Crippen LogP contribution in [0, 0.1) is 0 Å². The quantitative estimate of drug-likeness (QED) is 0.488. The zero-order valence-electron chi connectivity index (χ0n) is 18.6. The van der Waals surface area contributed by atoms with E-state index in [4.69, 9.17) is 4.74 Å². The molecule has 0 atom stereocenters. The Kier molecular flexibility index (Phi) is 7.44. The van der Waals surface area contributed by atoms with Gasteiger partial charge in [0, 0.05) is 25.7 Å². The molecule has 2 heterocycles. The summed E-state index contributed by atoms with van der Waals surface area (Å²) in [5.74, 6) is 1.18. The van der Waals surface area contributed by atoms with Crippen molar-refractivity contribution in [2.75, 3.05) is 37.0 Å². The van der Waals surface area contributed by atoms with E-state index in [2.05, 4.69) is 41.1 Å².